The van der Waals surface area contributed by atoms with Crippen molar-refractivity contribution in [1.82, 2.24) is 4.90 Å². The van der Waals surface area contributed by atoms with Gasteiger partial charge >= 0.3 is 10.1 Å². The fourth-order valence-electron chi connectivity index (χ4n) is 2.36. The highest BCUT2D eigenvalue weighted by atomic mass is 32.2. The fraction of sp³-hybridized carbons (Fsp3) is 0.0556. The predicted octanol–water partition coefficient (Wildman–Crippen LogP) is 1.98. The Hall–Kier alpha value is -3.11. The number of para-hydroxylation sites is 1. The number of hydrogen-bond donors (Lipinski definition) is 1. The van der Waals surface area contributed by atoms with Gasteiger partial charge in [-0.2, -0.15) is 8.42 Å². The highest BCUT2D eigenvalue weighted by molar-refractivity contribution is 8.18. The first-order valence-electron chi connectivity index (χ1n) is 7.90. The molecule has 0 spiro atoms. The number of nitrogens with two attached hydrogens (primary N) is 1. The van der Waals surface area contributed by atoms with Crippen LogP contribution in [0.25, 0.3) is 6.08 Å². The van der Waals surface area contributed by atoms with Crippen molar-refractivity contribution in [3.8, 4) is 5.75 Å². The number of nitrogens with zero attached hydrogens (tertiary/aromatic N) is 1. The number of benzene rings is 2. The number of carbonyl (C=O) groups is 3. The van der Waals surface area contributed by atoms with Crippen LogP contribution in [-0.4, -0.2) is 36.9 Å². The highest BCUT2D eigenvalue weighted by Gasteiger charge is 2.36. The SMILES string of the molecule is NC(=O)CN1C(=O)S/C(=C\c2ccccc2OS(=O)(=O)c2ccccc2)C1=O. The van der Waals surface area contributed by atoms with E-state index < -0.39 is 33.7 Å². The molecule has 2 aromatic rings. The number of carbonyl (C=O) groups excluding carboxylic acids is 3. The molecule has 1 fully saturated rings. The Bertz CT molecular complexity index is 1080. The van der Waals surface area contributed by atoms with Gasteiger partial charge in [0.25, 0.3) is 11.1 Å². The van der Waals surface area contributed by atoms with Gasteiger partial charge < -0.3 is 9.92 Å². The van der Waals surface area contributed by atoms with Crippen molar-refractivity contribution in [2.24, 2.45) is 5.73 Å². The minimum absolute atomic E-state index is 0.00643. The molecule has 0 saturated carbocycles. The maximum absolute atomic E-state index is 12.5. The van der Waals surface area contributed by atoms with Crippen molar-refractivity contribution in [2.75, 3.05) is 6.54 Å². The van der Waals surface area contributed by atoms with Crippen LogP contribution in [0.1, 0.15) is 5.56 Å². The van der Waals surface area contributed by atoms with E-state index in [0.29, 0.717) is 11.8 Å². The van der Waals surface area contributed by atoms with Crippen LogP contribution in [-0.2, 0) is 19.7 Å². The van der Waals surface area contributed by atoms with Gasteiger partial charge in [-0.05, 0) is 36.0 Å². The van der Waals surface area contributed by atoms with Gasteiger partial charge in [-0.25, -0.2) is 0 Å². The lowest BCUT2D eigenvalue weighted by Crippen LogP contribution is -2.36. The van der Waals surface area contributed by atoms with Gasteiger partial charge in [0, 0.05) is 5.56 Å². The van der Waals surface area contributed by atoms with Crippen LogP contribution in [0.3, 0.4) is 0 Å². The molecular formula is C18H14N2O6S2. The summed E-state index contributed by atoms with van der Waals surface area (Å²) >= 11 is 0.627. The van der Waals surface area contributed by atoms with Gasteiger partial charge in [-0.15, -0.1) is 0 Å². The quantitative estimate of drug-likeness (QED) is 0.562. The van der Waals surface area contributed by atoms with Crippen molar-refractivity contribution in [2.45, 2.75) is 4.90 Å². The minimum atomic E-state index is -4.08. The summed E-state index contributed by atoms with van der Waals surface area (Å²) in [7, 11) is -4.08. The topological polar surface area (TPSA) is 124 Å². The highest BCUT2D eigenvalue weighted by Crippen LogP contribution is 2.34. The molecule has 1 aliphatic heterocycles. The van der Waals surface area contributed by atoms with E-state index in [1.54, 1.807) is 30.3 Å². The van der Waals surface area contributed by atoms with Crippen molar-refractivity contribution in [3.05, 3.63) is 65.1 Å². The fourth-order valence-corrected chi connectivity index (χ4v) is 4.17. The molecular weight excluding hydrogens is 404 g/mol. The first-order valence-corrected chi connectivity index (χ1v) is 10.1. The van der Waals surface area contributed by atoms with Crippen LogP contribution in [0.15, 0.2) is 64.4 Å². The zero-order valence-corrected chi connectivity index (χ0v) is 15.9. The monoisotopic (exact) mass is 418 g/mol. The normalized spacial score (nSPS) is 15.9. The lowest BCUT2D eigenvalue weighted by atomic mass is 10.2. The molecule has 2 N–H and O–H groups in total. The number of imide groups is 1. The van der Waals surface area contributed by atoms with Crippen molar-refractivity contribution in [3.63, 3.8) is 0 Å². The molecule has 10 heteroatoms. The van der Waals surface area contributed by atoms with E-state index in [-0.39, 0.29) is 21.1 Å². The van der Waals surface area contributed by atoms with E-state index in [1.807, 2.05) is 0 Å². The molecule has 8 nitrogen and oxygen atoms in total. The van der Waals surface area contributed by atoms with Crippen LogP contribution in [0, 0.1) is 0 Å². The maximum Gasteiger partial charge on any atom is 0.339 e. The van der Waals surface area contributed by atoms with E-state index in [9.17, 15) is 22.8 Å². The summed E-state index contributed by atoms with van der Waals surface area (Å²) in [5.74, 6) is -1.51. The van der Waals surface area contributed by atoms with Crippen molar-refractivity contribution >= 4 is 45.0 Å². The van der Waals surface area contributed by atoms with Gasteiger partial charge in [0.05, 0.1) is 4.91 Å². The third-order valence-electron chi connectivity index (χ3n) is 3.62. The summed E-state index contributed by atoms with van der Waals surface area (Å²) in [5, 5.41) is -0.634. The molecule has 144 valence electrons. The molecule has 2 aromatic carbocycles. The Morgan fingerprint density at radius 3 is 2.39 bits per heavy atom. The van der Waals surface area contributed by atoms with Crippen LogP contribution >= 0.6 is 11.8 Å². The molecule has 3 rings (SSSR count). The predicted molar refractivity (Wildman–Crippen MR) is 103 cm³/mol. The van der Waals surface area contributed by atoms with Crippen LogP contribution in [0.5, 0.6) is 5.75 Å². The Kier molecular flexibility index (Phi) is 5.52. The second-order valence-electron chi connectivity index (χ2n) is 5.62. The zero-order chi connectivity index (χ0) is 20.3. The van der Waals surface area contributed by atoms with Crippen molar-refractivity contribution in [1.29, 1.82) is 0 Å². The number of primary amides is 1. The molecule has 1 aliphatic rings. The number of thioether (sulfide) groups is 1. The molecule has 0 radical (unpaired) electrons. The van der Waals surface area contributed by atoms with E-state index in [1.165, 1.54) is 30.3 Å². The van der Waals surface area contributed by atoms with Crippen molar-refractivity contribution < 1.29 is 27.0 Å². The van der Waals surface area contributed by atoms with Crippen LogP contribution in [0.4, 0.5) is 4.79 Å². The number of amides is 3. The summed E-state index contributed by atoms with van der Waals surface area (Å²) in [6, 6.07) is 13.8. The Morgan fingerprint density at radius 2 is 1.71 bits per heavy atom. The second-order valence-corrected chi connectivity index (χ2v) is 8.16. The summed E-state index contributed by atoms with van der Waals surface area (Å²) in [6.07, 6.45) is 1.34. The third kappa shape index (κ3) is 4.24. The average molecular weight is 418 g/mol. The third-order valence-corrected chi connectivity index (χ3v) is 5.78. The van der Waals surface area contributed by atoms with Crippen LogP contribution in [0.2, 0.25) is 0 Å². The smallest absolute Gasteiger partial charge is 0.339 e. The van der Waals surface area contributed by atoms with Gasteiger partial charge in [0.1, 0.15) is 17.2 Å². The second kappa shape index (κ2) is 7.87. The lowest BCUT2D eigenvalue weighted by molar-refractivity contribution is -0.127. The summed E-state index contributed by atoms with van der Waals surface area (Å²) < 4.78 is 30.1. The molecule has 28 heavy (non-hydrogen) atoms. The molecule has 1 heterocycles. The summed E-state index contributed by atoms with van der Waals surface area (Å²) in [5.41, 5.74) is 5.33. The summed E-state index contributed by atoms with van der Waals surface area (Å²) in [6.45, 7) is -0.525. The molecule has 0 aromatic heterocycles. The van der Waals surface area contributed by atoms with E-state index in [2.05, 4.69) is 0 Å². The van der Waals surface area contributed by atoms with E-state index in [4.69, 9.17) is 9.92 Å². The summed E-state index contributed by atoms with van der Waals surface area (Å²) in [4.78, 5) is 36.0. The number of hydrogen-bond acceptors (Lipinski definition) is 7. The zero-order valence-electron chi connectivity index (χ0n) is 14.3. The van der Waals surface area contributed by atoms with Gasteiger partial charge in [-0.1, -0.05) is 36.4 Å². The average Bonchev–Trinajstić information content (AvgIpc) is 2.91. The Morgan fingerprint density at radius 1 is 1.07 bits per heavy atom. The Labute approximate surface area is 165 Å². The van der Waals surface area contributed by atoms with Gasteiger partial charge in [0.15, 0.2) is 0 Å². The molecule has 1 saturated heterocycles. The maximum atomic E-state index is 12.5. The first kappa shape index (κ1) is 19.6. The van der Waals surface area contributed by atoms with Gasteiger partial charge in [-0.3, -0.25) is 19.3 Å². The molecule has 3 amide bonds. The first-order chi connectivity index (χ1) is 13.3. The molecule has 0 bridgehead atoms. The standard InChI is InChI=1S/C18H14N2O6S2/c19-16(21)11-20-17(22)15(27-18(20)23)10-12-6-4-5-9-14(12)26-28(24,25)13-7-2-1-3-8-13/h1-10H,11H2,(H2,19,21)/b15-10-. The lowest BCUT2D eigenvalue weighted by Gasteiger charge is -2.10. The van der Waals surface area contributed by atoms with E-state index >= 15 is 0 Å². The minimum Gasteiger partial charge on any atom is -0.378 e. The molecule has 0 aliphatic carbocycles. The van der Waals surface area contributed by atoms with Crippen LogP contribution < -0.4 is 9.92 Å². The van der Waals surface area contributed by atoms with Gasteiger partial charge in [0.2, 0.25) is 5.91 Å². The largest absolute Gasteiger partial charge is 0.378 e. The number of rotatable bonds is 6. The molecule has 0 atom stereocenters. The Balaban J connectivity index is 1.91. The van der Waals surface area contributed by atoms with E-state index in [0.717, 1.165) is 4.90 Å². The molecule has 0 unspecified atom stereocenters.